The van der Waals surface area contributed by atoms with Gasteiger partial charge in [0.2, 0.25) is 5.60 Å². The van der Waals surface area contributed by atoms with Crippen LogP contribution in [0.15, 0.2) is 90.6 Å². The van der Waals surface area contributed by atoms with Gasteiger partial charge in [-0.3, -0.25) is 19.2 Å². The van der Waals surface area contributed by atoms with Gasteiger partial charge in [0.25, 0.3) is 11.8 Å². The van der Waals surface area contributed by atoms with E-state index < -0.39 is 54.3 Å². The van der Waals surface area contributed by atoms with Crippen LogP contribution in [0.3, 0.4) is 0 Å². The number of carbonyl (C=O) groups excluding carboxylic acids is 3. The normalized spacial score (nSPS) is 17.1. The summed E-state index contributed by atoms with van der Waals surface area (Å²) in [5.74, 6) is -2.82. The average molecular weight is 627 g/mol. The number of amides is 2. The van der Waals surface area contributed by atoms with Crippen molar-refractivity contribution >= 4 is 40.2 Å². The first kappa shape index (κ1) is 31.8. The van der Waals surface area contributed by atoms with Gasteiger partial charge in [-0.2, -0.15) is 0 Å². The summed E-state index contributed by atoms with van der Waals surface area (Å²) in [6, 6.07) is 17.4. The van der Waals surface area contributed by atoms with Crippen molar-refractivity contribution in [3.8, 4) is 5.75 Å². The highest BCUT2D eigenvalue weighted by molar-refractivity contribution is 6.03. The molecule has 0 spiro atoms. The smallest absolute Gasteiger partial charge is 0.305 e. The lowest BCUT2D eigenvalue weighted by Gasteiger charge is -2.29. The van der Waals surface area contributed by atoms with Gasteiger partial charge in [0.05, 0.1) is 36.6 Å². The maximum Gasteiger partial charge on any atom is 0.305 e. The number of carbonyl (C=O) groups is 4. The number of carboxylic acids is 1. The Bertz CT molecular complexity index is 1740. The van der Waals surface area contributed by atoms with Crippen LogP contribution in [0.25, 0.3) is 10.9 Å². The molecule has 0 radical (unpaired) electrons. The number of imidazole rings is 1. The van der Waals surface area contributed by atoms with Crippen molar-refractivity contribution in [2.75, 3.05) is 6.61 Å². The number of carboxylic acid groups (broad SMARTS) is 1. The first-order chi connectivity index (χ1) is 22.1. The Morgan fingerprint density at radius 3 is 2.50 bits per heavy atom. The third-order valence-electron chi connectivity index (χ3n) is 7.56. The predicted molar refractivity (Wildman–Crippen MR) is 167 cm³/mol. The van der Waals surface area contributed by atoms with E-state index in [-0.39, 0.29) is 24.6 Å². The number of Topliss-reactive ketones (excluding diaryl/α,β-unsaturated/α-hetero) is 1. The highest BCUT2D eigenvalue weighted by Gasteiger charge is 2.50. The quantitative estimate of drug-likeness (QED) is 0.190. The molecule has 13 heteroatoms. The van der Waals surface area contributed by atoms with Crippen LogP contribution in [0.5, 0.6) is 5.75 Å². The number of nitrogens with zero attached hydrogens (tertiary/aromatic N) is 4. The van der Waals surface area contributed by atoms with Crippen LogP contribution < -0.4 is 15.4 Å². The van der Waals surface area contributed by atoms with Gasteiger partial charge in [-0.25, -0.2) is 9.97 Å². The van der Waals surface area contributed by atoms with Crippen LogP contribution in [-0.4, -0.2) is 73.2 Å². The zero-order chi connectivity index (χ0) is 32.7. The van der Waals surface area contributed by atoms with Crippen molar-refractivity contribution in [2.45, 2.75) is 50.9 Å². The van der Waals surface area contributed by atoms with Crippen molar-refractivity contribution in [1.29, 1.82) is 0 Å². The summed E-state index contributed by atoms with van der Waals surface area (Å²) in [5.41, 5.74) is -0.382. The van der Waals surface area contributed by atoms with Crippen LogP contribution in [0.1, 0.15) is 37.2 Å². The van der Waals surface area contributed by atoms with Crippen molar-refractivity contribution in [3.05, 3.63) is 91.1 Å². The van der Waals surface area contributed by atoms with E-state index in [1.165, 1.54) is 12.5 Å². The second kappa shape index (κ2) is 14.0. The molecule has 238 valence electrons. The van der Waals surface area contributed by atoms with Gasteiger partial charge in [0.1, 0.15) is 24.1 Å². The molecule has 2 aromatic carbocycles. The fraction of sp³-hybridized carbons (Fsp3) is 0.303. The Morgan fingerprint density at radius 1 is 1.02 bits per heavy atom. The molecule has 2 amide bonds. The molecular formula is C33H34N6O7. The third kappa shape index (κ3) is 7.54. The van der Waals surface area contributed by atoms with Gasteiger partial charge < -0.3 is 29.9 Å². The van der Waals surface area contributed by atoms with E-state index >= 15 is 0 Å². The third-order valence-corrected chi connectivity index (χ3v) is 7.56. The molecule has 1 aliphatic rings. The van der Waals surface area contributed by atoms with Gasteiger partial charge in [0.15, 0.2) is 5.78 Å². The van der Waals surface area contributed by atoms with Crippen molar-refractivity contribution < 1.29 is 33.9 Å². The summed E-state index contributed by atoms with van der Waals surface area (Å²) >= 11 is 0. The number of ether oxygens (including phenoxy) is 1. The van der Waals surface area contributed by atoms with Crippen LogP contribution in [-0.2, 0) is 25.8 Å². The monoisotopic (exact) mass is 626 g/mol. The van der Waals surface area contributed by atoms with Gasteiger partial charge in [-0.1, -0.05) is 61.5 Å². The number of oxime groups is 1. The Kier molecular flexibility index (Phi) is 9.70. The Balaban J connectivity index is 1.34. The maximum absolute atomic E-state index is 13.9. The number of nitrogens with one attached hydrogen (secondary N) is 2. The van der Waals surface area contributed by atoms with Gasteiger partial charge >= 0.3 is 5.97 Å². The number of benzene rings is 2. The predicted octanol–water partition coefficient (Wildman–Crippen LogP) is 3.01. The number of para-hydroxylation sites is 2. The number of aromatic nitrogens is 3. The molecule has 3 N–H and O–H groups in total. The fourth-order valence-corrected chi connectivity index (χ4v) is 5.15. The molecular weight excluding hydrogens is 592 g/mol. The van der Waals surface area contributed by atoms with Gasteiger partial charge in [0, 0.05) is 24.2 Å². The summed E-state index contributed by atoms with van der Waals surface area (Å²) in [4.78, 5) is 66.4. The number of aliphatic carboxylic acids is 1. The zero-order valence-corrected chi connectivity index (χ0v) is 25.3. The van der Waals surface area contributed by atoms with E-state index in [1.54, 1.807) is 47.2 Å². The summed E-state index contributed by atoms with van der Waals surface area (Å²) in [5, 5.41) is 20.2. The van der Waals surface area contributed by atoms with E-state index in [0.29, 0.717) is 17.0 Å². The van der Waals surface area contributed by atoms with Crippen LogP contribution in [0.2, 0.25) is 0 Å². The molecule has 1 aliphatic heterocycles. The molecule has 4 aromatic rings. The van der Waals surface area contributed by atoms with Crippen molar-refractivity contribution in [1.82, 2.24) is 25.2 Å². The second-order valence-electron chi connectivity index (χ2n) is 11.4. The minimum absolute atomic E-state index is 0.0503. The molecule has 2 aromatic heterocycles. The average Bonchev–Trinajstić information content (AvgIpc) is 3.73. The lowest BCUT2D eigenvalue weighted by atomic mass is 9.88. The lowest BCUT2D eigenvalue weighted by Crippen LogP contribution is -2.56. The molecule has 0 bridgehead atoms. The molecule has 5 rings (SSSR count). The zero-order valence-electron chi connectivity index (χ0n) is 25.3. The fourth-order valence-electron chi connectivity index (χ4n) is 5.15. The van der Waals surface area contributed by atoms with E-state index in [0.717, 1.165) is 5.39 Å². The van der Waals surface area contributed by atoms with E-state index in [4.69, 9.17) is 9.57 Å². The van der Waals surface area contributed by atoms with Crippen LogP contribution in [0, 0.1) is 5.92 Å². The summed E-state index contributed by atoms with van der Waals surface area (Å²) in [7, 11) is 0. The summed E-state index contributed by atoms with van der Waals surface area (Å²) in [6.45, 7) is 3.28. The molecule has 0 aliphatic carbocycles. The molecule has 0 saturated heterocycles. The first-order valence-corrected chi connectivity index (χ1v) is 14.7. The van der Waals surface area contributed by atoms with E-state index in [1.807, 2.05) is 44.2 Å². The molecule has 13 nitrogen and oxygen atoms in total. The molecule has 0 saturated carbocycles. The topological polar surface area (TPSA) is 174 Å². The Labute approximate surface area is 264 Å². The molecule has 3 unspecified atom stereocenters. The summed E-state index contributed by atoms with van der Waals surface area (Å²) in [6.07, 6.45) is 3.95. The molecule has 46 heavy (non-hydrogen) atoms. The summed E-state index contributed by atoms with van der Waals surface area (Å²) < 4.78 is 7.13. The molecule has 0 fully saturated rings. The number of hydrogen-bond acceptors (Lipinski definition) is 9. The highest BCUT2D eigenvalue weighted by Crippen LogP contribution is 2.30. The number of rotatable bonds is 14. The Hall–Kier alpha value is -5.59. The standard InChI is InChI=1S/C33H34N6O7/c1-21(2)30(37-31(43)25-13-12-22-8-6-7-11-24(22)35-25)27-17-33(46-38-27,19-39-15-14-34-20-39)32(44)36-26(16-29(41)42)28(40)18-45-23-9-4-3-5-10-23/h3-15,20-21,26,30H,16-19H2,1-2H3,(H,36,44)(H,37,43)(H,41,42). The largest absolute Gasteiger partial charge is 0.486 e. The minimum atomic E-state index is -1.67. The molecule has 3 atom stereocenters. The minimum Gasteiger partial charge on any atom is -0.486 e. The Morgan fingerprint density at radius 2 is 1.78 bits per heavy atom. The van der Waals surface area contributed by atoms with Crippen LogP contribution in [0.4, 0.5) is 0 Å². The van der Waals surface area contributed by atoms with E-state index in [9.17, 15) is 24.3 Å². The number of fused-ring (bicyclic) bond motifs is 1. The van der Waals surface area contributed by atoms with Gasteiger partial charge in [-0.15, -0.1) is 0 Å². The van der Waals surface area contributed by atoms with E-state index in [2.05, 4.69) is 25.8 Å². The van der Waals surface area contributed by atoms with Crippen molar-refractivity contribution in [2.24, 2.45) is 11.1 Å². The maximum atomic E-state index is 13.9. The highest BCUT2D eigenvalue weighted by atomic mass is 16.7. The van der Waals surface area contributed by atoms with Gasteiger partial charge in [-0.05, 0) is 30.2 Å². The van der Waals surface area contributed by atoms with Crippen molar-refractivity contribution in [3.63, 3.8) is 0 Å². The lowest BCUT2D eigenvalue weighted by molar-refractivity contribution is -0.149. The van der Waals surface area contributed by atoms with Crippen LogP contribution >= 0.6 is 0 Å². The number of ketones is 1. The first-order valence-electron chi connectivity index (χ1n) is 14.7. The second-order valence-corrected chi connectivity index (χ2v) is 11.4. The number of hydrogen-bond donors (Lipinski definition) is 3. The SMILES string of the molecule is CC(C)C(NC(=O)c1ccc2ccccc2n1)C1=NOC(Cn2ccnc2)(C(=O)NC(CC(=O)O)C(=O)COc2ccccc2)C1. The number of pyridine rings is 1. The molecule has 3 heterocycles.